The van der Waals surface area contributed by atoms with Crippen LogP contribution in [0.25, 0.3) is 10.9 Å². The number of hydrogen-bond donors (Lipinski definition) is 2. The van der Waals surface area contributed by atoms with Crippen molar-refractivity contribution in [2.45, 2.75) is 26.4 Å². The van der Waals surface area contributed by atoms with Crippen LogP contribution in [0.1, 0.15) is 13.8 Å². The summed E-state index contributed by atoms with van der Waals surface area (Å²) >= 11 is 5.88. The fraction of sp³-hybridized carbons (Fsp3) is 0.333. The van der Waals surface area contributed by atoms with Gasteiger partial charge < -0.3 is 10.6 Å². The average molecular weight is 337 g/mol. The number of likely N-dealkylation sites (N-methyl/N-ethyl adjacent to an activating group) is 1. The number of hydrogen-bond acceptors (Lipinski definition) is 4. The van der Waals surface area contributed by atoms with Crippen molar-refractivity contribution in [1.82, 2.24) is 20.2 Å². The first-order valence-corrected chi connectivity index (χ1v) is 7.52. The summed E-state index contributed by atoms with van der Waals surface area (Å²) in [5.41, 5.74) is 0.144. The number of nitrogens with one attached hydrogen (secondary N) is 2. The molecule has 1 aromatic heterocycles. The van der Waals surface area contributed by atoms with Gasteiger partial charge in [-0.1, -0.05) is 11.6 Å². The summed E-state index contributed by atoms with van der Waals surface area (Å²) in [5.74, 6) is -0.731. The fourth-order valence-corrected chi connectivity index (χ4v) is 2.25. The standard InChI is InChI=1S/C15H17ClN4O3/c1-3-17-14(22)9(2)19-13(21)7-20-8-18-12-5-4-10(16)6-11(12)15(20)23/h4-6,8-9H,3,7H2,1-2H3,(H,17,22)(H,19,21)/t9-/m0/s1. The second-order valence-electron chi connectivity index (χ2n) is 5.02. The van der Waals surface area contributed by atoms with Crippen LogP contribution in [0.3, 0.4) is 0 Å². The van der Waals surface area contributed by atoms with Crippen LogP contribution in [-0.4, -0.2) is 34.0 Å². The predicted molar refractivity (Wildman–Crippen MR) is 87.3 cm³/mol. The van der Waals surface area contributed by atoms with Gasteiger partial charge in [0.2, 0.25) is 11.8 Å². The van der Waals surface area contributed by atoms with Gasteiger partial charge in [0, 0.05) is 11.6 Å². The van der Waals surface area contributed by atoms with Crippen molar-refractivity contribution in [3.05, 3.63) is 39.9 Å². The molecule has 8 heteroatoms. The summed E-state index contributed by atoms with van der Waals surface area (Å²) in [5, 5.41) is 5.90. The van der Waals surface area contributed by atoms with Crippen LogP contribution in [0.4, 0.5) is 0 Å². The fourth-order valence-electron chi connectivity index (χ4n) is 2.08. The normalized spacial score (nSPS) is 12.0. The number of halogens is 1. The smallest absolute Gasteiger partial charge is 0.261 e. The molecule has 0 spiro atoms. The van der Waals surface area contributed by atoms with Crippen molar-refractivity contribution in [3.63, 3.8) is 0 Å². The Morgan fingerprint density at radius 2 is 2.13 bits per heavy atom. The van der Waals surface area contributed by atoms with E-state index in [0.717, 1.165) is 0 Å². The highest BCUT2D eigenvalue weighted by Gasteiger charge is 2.15. The van der Waals surface area contributed by atoms with E-state index >= 15 is 0 Å². The van der Waals surface area contributed by atoms with E-state index in [1.54, 1.807) is 26.0 Å². The third kappa shape index (κ3) is 4.07. The highest BCUT2D eigenvalue weighted by molar-refractivity contribution is 6.31. The summed E-state index contributed by atoms with van der Waals surface area (Å²) in [4.78, 5) is 40.0. The molecule has 0 bridgehead atoms. The molecule has 1 atom stereocenters. The van der Waals surface area contributed by atoms with Crippen LogP contribution in [0.15, 0.2) is 29.3 Å². The molecule has 2 rings (SSSR count). The summed E-state index contributed by atoms with van der Waals surface area (Å²) in [6.07, 6.45) is 1.30. The molecule has 0 aliphatic carbocycles. The Bertz CT molecular complexity index is 803. The monoisotopic (exact) mass is 336 g/mol. The van der Waals surface area contributed by atoms with E-state index in [1.807, 2.05) is 0 Å². The first-order chi connectivity index (χ1) is 10.9. The zero-order chi connectivity index (χ0) is 17.0. The minimum atomic E-state index is -0.680. The molecule has 0 aliphatic rings. The van der Waals surface area contributed by atoms with Gasteiger partial charge in [-0.2, -0.15) is 0 Å². The number of aromatic nitrogens is 2. The number of amides is 2. The van der Waals surface area contributed by atoms with Crippen LogP contribution in [-0.2, 0) is 16.1 Å². The lowest BCUT2D eigenvalue weighted by atomic mass is 10.2. The first kappa shape index (κ1) is 17.0. The molecule has 0 unspecified atom stereocenters. The van der Waals surface area contributed by atoms with Gasteiger partial charge in [-0.15, -0.1) is 0 Å². The van der Waals surface area contributed by atoms with Crippen molar-refractivity contribution in [1.29, 1.82) is 0 Å². The quantitative estimate of drug-likeness (QED) is 0.840. The van der Waals surface area contributed by atoms with Crippen molar-refractivity contribution in [2.75, 3.05) is 6.54 Å². The maximum absolute atomic E-state index is 12.3. The van der Waals surface area contributed by atoms with Crippen molar-refractivity contribution < 1.29 is 9.59 Å². The third-order valence-electron chi connectivity index (χ3n) is 3.22. The van der Waals surface area contributed by atoms with E-state index in [2.05, 4.69) is 15.6 Å². The Labute approximate surface area is 137 Å². The molecule has 0 aliphatic heterocycles. The van der Waals surface area contributed by atoms with E-state index in [0.29, 0.717) is 22.5 Å². The molecule has 23 heavy (non-hydrogen) atoms. The zero-order valence-electron chi connectivity index (χ0n) is 12.8. The van der Waals surface area contributed by atoms with E-state index in [-0.39, 0.29) is 18.0 Å². The van der Waals surface area contributed by atoms with Gasteiger partial charge in [0.15, 0.2) is 0 Å². The lowest BCUT2D eigenvalue weighted by molar-refractivity contribution is -0.128. The molecular weight excluding hydrogens is 320 g/mol. The maximum atomic E-state index is 12.3. The predicted octanol–water partition coefficient (Wildman–Crippen LogP) is 0.691. The van der Waals surface area contributed by atoms with Gasteiger partial charge >= 0.3 is 0 Å². The van der Waals surface area contributed by atoms with Crippen LogP contribution < -0.4 is 16.2 Å². The van der Waals surface area contributed by atoms with Gasteiger partial charge in [0.05, 0.1) is 17.2 Å². The average Bonchev–Trinajstić information content (AvgIpc) is 2.50. The molecule has 2 aromatic rings. The second kappa shape index (κ2) is 7.23. The molecule has 0 saturated carbocycles. The van der Waals surface area contributed by atoms with Crippen LogP contribution in [0, 0.1) is 0 Å². The van der Waals surface area contributed by atoms with Crippen LogP contribution >= 0.6 is 11.6 Å². The third-order valence-corrected chi connectivity index (χ3v) is 3.46. The molecule has 0 fully saturated rings. The molecule has 1 aromatic carbocycles. The Kier molecular flexibility index (Phi) is 5.33. The molecule has 1 heterocycles. The van der Waals surface area contributed by atoms with E-state index < -0.39 is 11.9 Å². The summed E-state index contributed by atoms with van der Waals surface area (Å²) in [7, 11) is 0. The second-order valence-corrected chi connectivity index (χ2v) is 5.46. The Morgan fingerprint density at radius 3 is 2.83 bits per heavy atom. The topological polar surface area (TPSA) is 93.1 Å². The minimum absolute atomic E-state index is 0.224. The minimum Gasteiger partial charge on any atom is -0.355 e. The highest BCUT2D eigenvalue weighted by Crippen LogP contribution is 2.13. The van der Waals surface area contributed by atoms with E-state index in [4.69, 9.17) is 11.6 Å². The SMILES string of the molecule is CCNC(=O)[C@H](C)NC(=O)Cn1cnc2ccc(Cl)cc2c1=O. The van der Waals surface area contributed by atoms with Gasteiger partial charge in [0.1, 0.15) is 12.6 Å². The van der Waals surface area contributed by atoms with Gasteiger partial charge in [-0.25, -0.2) is 4.98 Å². The summed E-state index contributed by atoms with van der Waals surface area (Å²) in [6.45, 7) is 3.62. The van der Waals surface area contributed by atoms with Crippen molar-refractivity contribution in [3.8, 4) is 0 Å². The number of carbonyl (C=O) groups is 2. The molecular formula is C15H17ClN4O3. The molecule has 122 valence electrons. The maximum Gasteiger partial charge on any atom is 0.261 e. The zero-order valence-corrected chi connectivity index (χ0v) is 13.6. The molecule has 0 radical (unpaired) electrons. The Balaban J connectivity index is 2.15. The molecule has 2 amide bonds. The Hall–Kier alpha value is -2.41. The van der Waals surface area contributed by atoms with E-state index in [1.165, 1.54) is 17.0 Å². The number of carbonyl (C=O) groups excluding carboxylic acids is 2. The van der Waals surface area contributed by atoms with Gasteiger partial charge in [-0.05, 0) is 32.0 Å². The van der Waals surface area contributed by atoms with Gasteiger partial charge in [-0.3, -0.25) is 19.0 Å². The summed E-state index contributed by atoms with van der Waals surface area (Å²) < 4.78 is 1.18. The van der Waals surface area contributed by atoms with Crippen molar-refractivity contribution in [2.24, 2.45) is 0 Å². The largest absolute Gasteiger partial charge is 0.355 e. The molecule has 2 N–H and O–H groups in total. The highest BCUT2D eigenvalue weighted by atomic mass is 35.5. The number of nitrogens with zero attached hydrogens (tertiary/aromatic N) is 2. The number of fused-ring (bicyclic) bond motifs is 1. The van der Waals surface area contributed by atoms with Crippen LogP contribution in [0.5, 0.6) is 0 Å². The molecule has 0 saturated heterocycles. The molecule has 7 nitrogen and oxygen atoms in total. The van der Waals surface area contributed by atoms with E-state index in [9.17, 15) is 14.4 Å². The Morgan fingerprint density at radius 1 is 1.39 bits per heavy atom. The lowest BCUT2D eigenvalue weighted by Gasteiger charge is -2.14. The van der Waals surface area contributed by atoms with Gasteiger partial charge in [0.25, 0.3) is 5.56 Å². The first-order valence-electron chi connectivity index (χ1n) is 7.14. The number of benzene rings is 1. The number of rotatable bonds is 5. The van der Waals surface area contributed by atoms with Crippen LogP contribution in [0.2, 0.25) is 5.02 Å². The summed E-state index contributed by atoms with van der Waals surface area (Å²) in [6, 6.07) is 4.11. The van der Waals surface area contributed by atoms with Crippen molar-refractivity contribution >= 4 is 34.3 Å². The lowest BCUT2D eigenvalue weighted by Crippen LogP contribution is -2.46.